The van der Waals surface area contributed by atoms with Crippen molar-refractivity contribution in [2.45, 2.75) is 18.9 Å². The largest absolute Gasteiger partial charge is 0.545 e. The van der Waals surface area contributed by atoms with Crippen LogP contribution in [0.2, 0.25) is 0 Å². The van der Waals surface area contributed by atoms with Crippen LogP contribution in [0.1, 0.15) is 12.0 Å². The van der Waals surface area contributed by atoms with Gasteiger partial charge in [0.15, 0.2) is 0 Å². The summed E-state index contributed by atoms with van der Waals surface area (Å²) in [5, 5.41) is 10.7. The van der Waals surface area contributed by atoms with Crippen LogP contribution in [0.15, 0.2) is 72.8 Å². The zero-order valence-corrected chi connectivity index (χ0v) is 15.6. The van der Waals surface area contributed by atoms with Crippen LogP contribution >= 0.6 is 0 Å². The molecule has 7 heteroatoms. The molecule has 2 aromatic rings. The van der Waals surface area contributed by atoms with Crippen LogP contribution < -0.4 is 10.0 Å². The van der Waals surface area contributed by atoms with Gasteiger partial charge in [0, 0.05) is 12.6 Å². The summed E-state index contributed by atoms with van der Waals surface area (Å²) in [5.74, 6) is -3.09. The first kappa shape index (κ1) is 20.0. The number of benzene rings is 2. The zero-order valence-electron chi connectivity index (χ0n) is 15.6. The van der Waals surface area contributed by atoms with Crippen molar-refractivity contribution in [3.8, 4) is 0 Å². The number of carboxylic acid groups (broad SMARTS) is 1. The van der Waals surface area contributed by atoms with Gasteiger partial charge in [0.05, 0.1) is 18.1 Å². The van der Waals surface area contributed by atoms with Crippen LogP contribution in [0.4, 0.5) is 5.69 Å². The van der Waals surface area contributed by atoms with Gasteiger partial charge in [-0.1, -0.05) is 48.5 Å². The number of rotatable bonds is 7. The number of amides is 3. The molecule has 7 nitrogen and oxygen atoms in total. The molecule has 0 bridgehead atoms. The molecule has 148 valence electrons. The Morgan fingerprint density at radius 1 is 1.00 bits per heavy atom. The van der Waals surface area contributed by atoms with Crippen LogP contribution in [0.25, 0.3) is 0 Å². The van der Waals surface area contributed by atoms with Crippen molar-refractivity contribution in [1.82, 2.24) is 4.90 Å². The van der Waals surface area contributed by atoms with E-state index in [9.17, 15) is 24.3 Å². The number of imide groups is 1. The number of anilines is 1. The Morgan fingerprint density at radius 3 is 2.24 bits per heavy atom. The van der Waals surface area contributed by atoms with Crippen molar-refractivity contribution in [2.24, 2.45) is 0 Å². The van der Waals surface area contributed by atoms with Crippen molar-refractivity contribution in [3.05, 3.63) is 78.4 Å². The molecule has 0 spiro atoms. The van der Waals surface area contributed by atoms with Gasteiger partial charge in [-0.05, 0) is 30.2 Å². The predicted molar refractivity (Wildman–Crippen MR) is 103 cm³/mol. The average molecular weight is 391 g/mol. The number of carbonyl (C=O) groups excluding carboxylic acids is 4. The first-order valence-corrected chi connectivity index (χ1v) is 9.13. The first-order valence-electron chi connectivity index (χ1n) is 9.13. The lowest BCUT2D eigenvalue weighted by Gasteiger charge is -2.26. The highest BCUT2D eigenvalue weighted by Gasteiger charge is 2.43. The average Bonchev–Trinajstić information content (AvgIpc) is 3.02. The van der Waals surface area contributed by atoms with Crippen molar-refractivity contribution >= 4 is 29.4 Å². The third-order valence-corrected chi connectivity index (χ3v) is 4.64. The Kier molecular flexibility index (Phi) is 6.19. The number of aliphatic carboxylic acids is 1. The van der Waals surface area contributed by atoms with Crippen molar-refractivity contribution in [1.29, 1.82) is 0 Å². The van der Waals surface area contributed by atoms with Crippen LogP contribution in [0.5, 0.6) is 0 Å². The zero-order chi connectivity index (χ0) is 20.8. The molecule has 29 heavy (non-hydrogen) atoms. The molecule has 0 N–H and O–H groups in total. The molecule has 1 fully saturated rings. The Morgan fingerprint density at radius 2 is 1.62 bits per heavy atom. The van der Waals surface area contributed by atoms with Crippen LogP contribution in [-0.2, 0) is 25.6 Å². The Labute approximate surface area is 167 Å². The molecule has 0 saturated carbocycles. The first-order chi connectivity index (χ1) is 14.0. The fraction of sp³-hybridized carbons (Fsp3) is 0.182. The quantitative estimate of drug-likeness (QED) is 0.511. The van der Waals surface area contributed by atoms with Gasteiger partial charge in [-0.3, -0.25) is 14.4 Å². The summed E-state index contributed by atoms with van der Waals surface area (Å²) < 4.78 is 0. The summed E-state index contributed by atoms with van der Waals surface area (Å²) in [6.45, 7) is 0.159. The molecule has 0 radical (unpaired) electrons. The second-order valence-corrected chi connectivity index (χ2v) is 6.54. The van der Waals surface area contributed by atoms with Gasteiger partial charge in [-0.2, -0.15) is 0 Å². The molecule has 1 heterocycles. The number of carboxylic acids is 1. The summed E-state index contributed by atoms with van der Waals surface area (Å²) in [7, 11) is 0. The van der Waals surface area contributed by atoms with Crippen LogP contribution in [0.3, 0.4) is 0 Å². The molecule has 2 aromatic carbocycles. The maximum absolute atomic E-state index is 13.0. The molecule has 0 aromatic heterocycles. The van der Waals surface area contributed by atoms with E-state index in [1.165, 1.54) is 4.90 Å². The smallest absolute Gasteiger partial charge is 0.257 e. The number of hydrogen-bond acceptors (Lipinski definition) is 5. The summed E-state index contributed by atoms with van der Waals surface area (Å²) in [4.78, 5) is 51.1. The van der Waals surface area contributed by atoms with Gasteiger partial charge >= 0.3 is 0 Å². The van der Waals surface area contributed by atoms with Gasteiger partial charge in [0.2, 0.25) is 11.8 Å². The molecule has 3 rings (SSSR count). The minimum atomic E-state index is -1.51. The normalized spacial score (nSPS) is 16.4. The third kappa shape index (κ3) is 4.76. The van der Waals surface area contributed by atoms with E-state index in [2.05, 4.69) is 0 Å². The van der Waals surface area contributed by atoms with Gasteiger partial charge in [0.25, 0.3) is 5.91 Å². The SMILES string of the molecule is O=C([O-])/C=C/C(=O)N(CCc1ccccc1)[C@@H]1CC(=O)N(c2ccccc2)C1=O. The van der Waals surface area contributed by atoms with Gasteiger partial charge in [0.1, 0.15) is 6.04 Å². The third-order valence-electron chi connectivity index (χ3n) is 4.64. The van der Waals surface area contributed by atoms with E-state index in [4.69, 9.17) is 0 Å². The van der Waals surface area contributed by atoms with Crippen molar-refractivity contribution < 1.29 is 24.3 Å². The molecule has 1 aliphatic heterocycles. The van der Waals surface area contributed by atoms with Crippen molar-refractivity contribution in [2.75, 3.05) is 11.4 Å². The maximum atomic E-state index is 13.0. The number of hydrogen-bond donors (Lipinski definition) is 0. The molecule has 3 amide bonds. The standard InChI is InChI=1S/C22H20N2O5/c25-19(11-12-21(27)28)23(14-13-16-7-3-1-4-8-16)18-15-20(26)24(22(18)29)17-9-5-2-6-10-17/h1-12,18H,13-15H2,(H,27,28)/p-1/b12-11+/t18-/m1/s1. The lowest BCUT2D eigenvalue weighted by atomic mass is 10.1. The highest BCUT2D eigenvalue weighted by atomic mass is 16.4. The van der Waals surface area contributed by atoms with E-state index >= 15 is 0 Å². The van der Waals surface area contributed by atoms with E-state index in [0.29, 0.717) is 18.2 Å². The van der Waals surface area contributed by atoms with Crippen LogP contribution in [-0.4, -0.2) is 41.2 Å². The molecular formula is C22H19N2O5-. The minimum absolute atomic E-state index is 0.159. The van der Waals surface area contributed by atoms with Gasteiger partial charge < -0.3 is 14.8 Å². The van der Waals surface area contributed by atoms with E-state index in [1.54, 1.807) is 30.3 Å². The van der Waals surface area contributed by atoms with Gasteiger partial charge in [-0.25, -0.2) is 4.90 Å². The summed E-state index contributed by atoms with van der Waals surface area (Å²) >= 11 is 0. The Balaban J connectivity index is 1.84. The predicted octanol–water partition coefficient (Wildman–Crippen LogP) is 0.696. The summed E-state index contributed by atoms with van der Waals surface area (Å²) in [6, 6.07) is 16.8. The topological polar surface area (TPSA) is 97.8 Å². The molecule has 1 saturated heterocycles. The maximum Gasteiger partial charge on any atom is 0.257 e. The molecular weight excluding hydrogens is 372 g/mol. The minimum Gasteiger partial charge on any atom is -0.545 e. The fourth-order valence-corrected chi connectivity index (χ4v) is 3.26. The second-order valence-electron chi connectivity index (χ2n) is 6.54. The van der Waals surface area contributed by atoms with E-state index < -0.39 is 29.7 Å². The fourth-order valence-electron chi connectivity index (χ4n) is 3.26. The Bertz CT molecular complexity index is 940. The summed E-state index contributed by atoms with van der Waals surface area (Å²) in [6.07, 6.45) is 1.76. The highest BCUT2D eigenvalue weighted by molar-refractivity contribution is 6.23. The Hall–Kier alpha value is -3.74. The number of carbonyl (C=O) groups is 4. The van der Waals surface area contributed by atoms with E-state index in [0.717, 1.165) is 16.5 Å². The molecule has 0 aliphatic carbocycles. The monoisotopic (exact) mass is 391 g/mol. The van der Waals surface area contributed by atoms with Gasteiger partial charge in [-0.15, -0.1) is 0 Å². The van der Waals surface area contributed by atoms with Crippen LogP contribution in [0, 0.1) is 0 Å². The lowest BCUT2D eigenvalue weighted by molar-refractivity contribution is -0.297. The number of para-hydroxylation sites is 1. The molecule has 0 unspecified atom stereocenters. The van der Waals surface area contributed by atoms with E-state index in [1.807, 2.05) is 30.3 Å². The highest BCUT2D eigenvalue weighted by Crippen LogP contribution is 2.26. The van der Waals surface area contributed by atoms with Crippen molar-refractivity contribution in [3.63, 3.8) is 0 Å². The second kappa shape index (κ2) is 8.97. The molecule has 1 atom stereocenters. The number of nitrogens with zero attached hydrogens (tertiary/aromatic N) is 2. The molecule has 1 aliphatic rings. The summed E-state index contributed by atoms with van der Waals surface area (Å²) in [5.41, 5.74) is 1.39. The lowest BCUT2D eigenvalue weighted by Crippen LogP contribution is -2.46. The van der Waals surface area contributed by atoms with E-state index in [-0.39, 0.29) is 13.0 Å².